The lowest BCUT2D eigenvalue weighted by atomic mass is 9.91. The number of aryl methyl sites for hydroxylation is 3. The van der Waals surface area contributed by atoms with Crippen molar-refractivity contribution in [3.05, 3.63) is 60.5 Å². The fraction of sp³-hybridized carbons (Fsp3) is 0.435. The van der Waals surface area contributed by atoms with Crippen molar-refractivity contribution in [2.24, 2.45) is 0 Å². The van der Waals surface area contributed by atoms with Gasteiger partial charge in [-0.1, -0.05) is 6.92 Å². The summed E-state index contributed by atoms with van der Waals surface area (Å²) in [7, 11) is 0. The molecule has 4 heterocycles. The Morgan fingerprint density at radius 2 is 1.90 bits per heavy atom. The van der Waals surface area contributed by atoms with Gasteiger partial charge in [0, 0.05) is 80.1 Å². The minimum absolute atomic E-state index is 0.225. The Kier molecular flexibility index (Phi) is 6.16. The van der Waals surface area contributed by atoms with Gasteiger partial charge in [-0.2, -0.15) is 0 Å². The van der Waals surface area contributed by atoms with Crippen molar-refractivity contribution in [2.45, 2.75) is 52.0 Å². The van der Waals surface area contributed by atoms with Gasteiger partial charge in [0.2, 0.25) is 5.91 Å². The van der Waals surface area contributed by atoms with E-state index in [1.807, 2.05) is 30.4 Å². The summed E-state index contributed by atoms with van der Waals surface area (Å²) in [5.41, 5.74) is 4.20. The van der Waals surface area contributed by atoms with E-state index >= 15 is 0 Å². The number of pyridine rings is 1. The van der Waals surface area contributed by atoms with Crippen molar-refractivity contribution in [1.29, 1.82) is 0 Å². The molecule has 0 radical (unpaired) electrons. The lowest BCUT2D eigenvalue weighted by Gasteiger charge is -2.32. The third-order valence-electron chi connectivity index (χ3n) is 5.82. The number of carbonyl (C=O) groups excluding carboxylic acids is 1. The molecule has 4 rings (SSSR count). The molecular weight excluding hydrogens is 376 g/mol. The molecule has 156 valence electrons. The van der Waals surface area contributed by atoms with E-state index in [9.17, 15) is 4.79 Å². The van der Waals surface area contributed by atoms with Crippen LogP contribution in [-0.4, -0.2) is 48.4 Å². The Morgan fingerprint density at radius 1 is 1.13 bits per heavy atom. The molecule has 0 saturated carbocycles. The van der Waals surface area contributed by atoms with Crippen molar-refractivity contribution in [3.8, 4) is 11.1 Å². The molecule has 0 aliphatic carbocycles. The van der Waals surface area contributed by atoms with E-state index in [1.54, 1.807) is 12.5 Å². The van der Waals surface area contributed by atoms with Crippen molar-refractivity contribution in [2.75, 3.05) is 13.1 Å². The summed E-state index contributed by atoms with van der Waals surface area (Å²) in [6, 6.07) is 4.22. The molecule has 1 aliphatic rings. The van der Waals surface area contributed by atoms with Crippen LogP contribution in [0.1, 0.15) is 49.3 Å². The Labute approximate surface area is 177 Å². The van der Waals surface area contributed by atoms with Crippen LogP contribution >= 0.6 is 0 Å². The highest BCUT2D eigenvalue weighted by Gasteiger charge is 2.25. The fourth-order valence-electron chi connectivity index (χ4n) is 4.18. The summed E-state index contributed by atoms with van der Waals surface area (Å²) in [5, 5.41) is 0. The van der Waals surface area contributed by atoms with Gasteiger partial charge in [0.15, 0.2) is 0 Å². The molecule has 1 saturated heterocycles. The van der Waals surface area contributed by atoms with E-state index < -0.39 is 0 Å². The molecule has 1 amide bonds. The first-order valence-electron chi connectivity index (χ1n) is 10.7. The van der Waals surface area contributed by atoms with E-state index in [4.69, 9.17) is 4.98 Å². The van der Waals surface area contributed by atoms with E-state index in [0.29, 0.717) is 18.9 Å². The average Bonchev–Trinajstić information content (AvgIpc) is 3.25. The number of amides is 1. The maximum atomic E-state index is 12.7. The first kappa shape index (κ1) is 20.2. The SMILES string of the molecule is CCc1nccn1CCC(=O)N1CCC(c2cc(-c3cncnc3)cc(C)n2)CC1. The highest BCUT2D eigenvalue weighted by molar-refractivity contribution is 5.76. The number of likely N-dealkylation sites (tertiary alicyclic amines) is 1. The van der Waals surface area contributed by atoms with Gasteiger partial charge in [-0.05, 0) is 37.5 Å². The van der Waals surface area contributed by atoms with Crippen molar-refractivity contribution in [3.63, 3.8) is 0 Å². The summed E-state index contributed by atoms with van der Waals surface area (Å²) < 4.78 is 2.08. The van der Waals surface area contributed by atoms with Crippen molar-refractivity contribution >= 4 is 5.91 Å². The Bertz CT molecular complexity index is 992. The predicted molar refractivity (Wildman–Crippen MR) is 115 cm³/mol. The molecule has 7 heteroatoms. The number of aromatic nitrogens is 5. The topological polar surface area (TPSA) is 76.8 Å². The molecular formula is C23H28N6O. The van der Waals surface area contributed by atoms with Crippen LogP contribution in [-0.2, 0) is 17.8 Å². The van der Waals surface area contributed by atoms with Crippen molar-refractivity contribution < 1.29 is 4.79 Å². The van der Waals surface area contributed by atoms with Gasteiger partial charge in [0.05, 0.1) is 0 Å². The molecule has 0 bridgehead atoms. The minimum atomic E-state index is 0.225. The van der Waals surface area contributed by atoms with E-state index in [2.05, 4.69) is 38.6 Å². The molecule has 0 atom stereocenters. The highest BCUT2D eigenvalue weighted by atomic mass is 16.2. The highest BCUT2D eigenvalue weighted by Crippen LogP contribution is 2.30. The van der Waals surface area contributed by atoms with Gasteiger partial charge < -0.3 is 9.47 Å². The molecule has 1 aliphatic heterocycles. The third kappa shape index (κ3) is 4.56. The van der Waals surface area contributed by atoms with E-state index in [-0.39, 0.29) is 5.91 Å². The first-order valence-corrected chi connectivity index (χ1v) is 10.7. The van der Waals surface area contributed by atoms with Crippen LogP contribution in [0.2, 0.25) is 0 Å². The molecule has 0 spiro atoms. The summed E-state index contributed by atoms with van der Waals surface area (Å²) in [6.45, 7) is 6.38. The van der Waals surface area contributed by atoms with Gasteiger partial charge in [-0.15, -0.1) is 0 Å². The molecule has 0 unspecified atom stereocenters. The number of carbonyl (C=O) groups is 1. The molecule has 0 N–H and O–H groups in total. The molecule has 1 fully saturated rings. The second-order valence-electron chi connectivity index (χ2n) is 7.84. The molecule has 3 aromatic heterocycles. The van der Waals surface area contributed by atoms with Gasteiger partial charge in [-0.3, -0.25) is 9.78 Å². The van der Waals surface area contributed by atoms with Gasteiger partial charge in [0.25, 0.3) is 0 Å². The van der Waals surface area contributed by atoms with E-state index in [1.165, 1.54) is 0 Å². The quantitative estimate of drug-likeness (QED) is 0.629. The number of hydrogen-bond donors (Lipinski definition) is 0. The van der Waals surface area contributed by atoms with Gasteiger partial charge in [-0.25, -0.2) is 15.0 Å². The smallest absolute Gasteiger partial charge is 0.224 e. The zero-order valence-electron chi connectivity index (χ0n) is 17.7. The summed E-state index contributed by atoms with van der Waals surface area (Å²) in [5.74, 6) is 1.63. The van der Waals surface area contributed by atoms with Gasteiger partial charge in [0.1, 0.15) is 12.2 Å². The number of nitrogens with zero attached hydrogens (tertiary/aromatic N) is 6. The van der Waals surface area contributed by atoms with E-state index in [0.717, 1.165) is 60.7 Å². The summed E-state index contributed by atoms with van der Waals surface area (Å²) in [4.78, 5) is 32.1. The molecule has 7 nitrogen and oxygen atoms in total. The third-order valence-corrected chi connectivity index (χ3v) is 5.82. The van der Waals surface area contributed by atoms with Crippen LogP contribution in [0.4, 0.5) is 0 Å². The first-order chi connectivity index (χ1) is 14.6. The Balaban J connectivity index is 1.36. The Morgan fingerprint density at radius 3 is 2.63 bits per heavy atom. The minimum Gasteiger partial charge on any atom is -0.343 e. The number of hydrogen-bond acceptors (Lipinski definition) is 5. The van der Waals surface area contributed by atoms with Crippen LogP contribution in [0.3, 0.4) is 0 Å². The molecule has 3 aromatic rings. The predicted octanol–water partition coefficient (Wildman–Crippen LogP) is 3.40. The molecule has 30 heavy (non-hydrogen) atoms. The number of rotatable bonds is 6. The maximum absolute atomic E-state index is 12.7. The monoisotopic (exact) mass is 404 g/mol. The normalized spacial score (nSPS) is 14.8. The lowest BCUT2D eigenvalue weighted by Crippen LogP contribution is -2.38. The second-order valence-corrected chi connectivity index (χ2v) is 7.84. The van der Waals surface area contributed by atoms with Crippen LogP contribution in [0.5, 0.6) is 0 Å². The molecule has 0 aromatic carbocycles. The fourth-order valence-corrected chi connectivity index (χ4v) is 4.18. The zero-order valence-corrected chi connectivity index (χ0v) is 17.7. The summed E-state index contributed by atoms with van der Waals surface area (Å²) in [6.07, 6.45) is 12.3. The van der Waals surface area contributed by atoms with Crippen LogP contribution in [0.25, 0.3) is 11.1 Å². The zero-order chi connectivity index (χ0) is 20.9. The Hall–Kier alpha value is -3.09. The van der Waals surface area contributed by atoms with Gasteiger partial charge >= 0.3 is 0 Å². The number of piperidine rings is 1. The standard InChI is InChI=1S/C23H28N6O/c1-3-22-26-7-11-28(22)10-6-23(30)29-8-4-18(5-9-29)21-13-19(12-17(2)27-21)20-14-24-16-25-15-20/h7,11-16,18H,3-6,8-10H2,1-2H3. The van der Waals surface area contributed by atoms with Crippen LogP contribution in [0, 0.1) is 6.92 Å². The number of imidazole rings is 1. The lowest BCUT2D eigenvalue weighted by molar-refractivity contribution is -0.132. The van der Waals surface area contributed by atoms with Crippen LogP contribution in [0.15, 0.2) is 43.2 Å². The largest absolute Gasteiger partial charge is 0.343 e. The van der Waals surface area contributed by atoms with Crippen LogP contribution < -0.4 is 0 Å². The summed E-state index contributed by atoms with van der Waals surface area (Å²) >= 11 is 0. The second kappa shape index (κ2) is 9.15. The van der Waals surface area contributed by atoms with Crippen molar-refractivity contribution in [1.82, 2.24) is 29.4 Å². The average molecular weight is 405 g/mol. The maximum Gasteiger partial charge on any atom is 0.224 e.